The smallest absolute Gasteiger partial charge is 0.163 e. The van der Waals surface area contributed by atoms with Gasteiger partial charge in [0, 0.05) is 5.92 Å². The third-order valence-electron chi connectivity index (χ3n) is 2.78. The highest BCUT2D eigenvalue weighted by Gasteiger charge is 2.52. The molecule has 1 aliphatic carbocycles. The molecule has 1 aliphatic heterocycles. The summed E-state index contributed by atoms with van der Waals surface area (Å²) in [5.41, 5.74) is 0. The van der Waals surface area contributed by atoms with Crippen molar-refractivity contribution in [2.45, 2.75) is 44.4 Å². The third kappa shape index (κ3) is 1.41. The number of aliphatic hydroxyl groups excluding tert-OH is 1. The summed E-state index contributed by atoms with van der Waals surface area (Å²) in [4.78, 5) is 0. The maximum Gasteiger partial charge on any atom is 0.163 e. The Morgan fingerprint density at radius 1 is 1.38 bits per heavy atom. The molecule has 0 amide bonds. The fraction of sp³-hybridized carbons (Fsp3) is 0.800. The molecule has 0 aromatic heterocycles. The molecular weight excluding hydrogens is 168 g/mol. The second kappa shape index (κ2) is 2.80. The molecule has 0 spiro atoms. The number of aliphatic hydroxyl groups is 1. The van der Waals surface area contributed by atoms with Gasteiger partial charge in [-0.25, -0.2) is 0 Å². The van der Waals surface area contributed by atoms with Crippen molar-refractivity contribution in [1.29, 1.82) is 0 Å². The summed E-state index contributed by atoms with van der Waals surface area (Å²) >= 11 is 0. The van der Waals surface area contributed by atoms with Gasteiger partial charge in [0.25, 0.3) is 0 Å². The van der Waals surface area contributed by atoms with Gasteiger partial charge in [0.2, 0.25) is 0 Å². The normalized spacial score (nSPS) is 47.6. The van der Waals surface area contributed by atoms with Crippen LogP contribution in [0.2, 0.25) is 0 Å². The minimum absolute atomic E-state index is 0.0116. The summed E-state index contributed by atoms with van der Waals surface area (Å²) in [6.07, 6.45) is 1.96. The van der Waals surface area contributed by atoms with Crippen LogP contribution in [0.5, 0.6) is 0 Å². The summed E-state index contributed by atoms with van der Waals surface area (Å²) in [7, 11) is 0. The number of fused-ring (bicyclic) bond motifs is 1. The second-order valence-corrected chi connectivity index (χ2v) is 4.27. The Kier molecular flexibility index (Phi) is 1.98. The maximum absolute atomic E-state index is 9.68. The zero-order valence-electron chi connectivity index (χ0n) is 8.06. The fourth-order valence-corrected chi connectivity index (χ4v) is 2.22. The van der Waals surface area contributed by atoms with Crippen molar-refractivity contribution in [1.82, 2.24) is 0 Å². The number of rotatable bonds is 1. The predicted octanol–water partition coefficient (Wildman–Crippen LogP) is 1.07. The lowest BCUT2D eigenvalue weighted by atomic mass is 10.1. The van der Waals surface area contributed by atoms with Crippen LogP contribution < -0.4 is 0 Å². The molecule has 3 nitrogen and oxygen atoms in total. The Hall–Kier alpha value is -0.380. The topological polar surface area (TPSA) is 38.7 Å². The van der Waals surface area contributed by atoms with Gasteiger partial charge in [-0.05, 0) is 20.3 Å². The minimum Gasteiger partial charge on any atom is -0.390 e. The average molecular weight is 184 g/mol. The molecule has 13 heavy (non-hydrogen) atoms. The molecule has 2 aliphatic rings. The van der Waals surface area contributed by atoms with Gasteiger partial charge >= 0.3 is 0 Å². The zero-order chi connectivity index (χ0) is 9.64. The quantitative estimate of drug-likeness (QED) is 0.620. The van der Waals surface area contributed by atoms with Crippen LogP contribution in [0.4, 0.5) is 0 Å². The predicted molar refractivity (Wildman–Crippen MR) is 48.1 cm³/mol. The molecule has 1 saturated heterocycles. The van der Waals surface area contributed by atoms with E-state index in [-0.39, 0.29) is 18.1 Å². The SMILES string of the molecule is C=C[C@H]1C[C@@H](O)[C@H]2OC(C)(C)O[C@H]21. The van der Waals surface area contributed by atoms with E-state index in [2.05, 4.69) is 6.58 Å². The largest absolute Gasteiger partial charge is 0.390 e. The van der Waals surface area contributed by atoms with Crippen LogP contribution in [0.25, 0.3) is 0 Å². The molecule has 2 rings (SSSR count). The lowest BCUT2D eigenvalue weighted by molar-refractivity contribution is -0.164. The van der Waals surface area contributed by atoms with Gasteiger partial charge < -0.3 is 14.6 Å². The van der Waals surface area contributed by atoms with Crippen molar-refractivity contribution in [3.05, 3.63) is 12.7 Å². The monoisotopic (exact) mass is 184 g/mol. The first kappa shape index (κ1) is 9.19. The molecule has 0 aromatic carbocycles. The molecule has 74 valence electrons. The molecule has 0 bridgehead atoms. The van der Waals surface area contributed by atoms with Gasteiger partial charge in [0.15, 0.2) is 5.79 Å². The van der Waals surface area contributed by atoms with Gasteiger partial charge in [-0.3, -0.25) is 0 Å². The van der Waals surface area contributed by atoms with Crippen molar-refractivity contribution >= 4 is 0 Å². The molecule has 3 heteroatoms. The van der Waals surface area contributed by atoms with Crippen LogP contribution in [0.15, 0.2) is 12.7 Å². The Morgan fingerprint density at radius 3 is 2.62 bits per heavy atom. The number of ether oxygens (including phenoxy) is 2. The van der Waals surface area contributed by atoms with Crippen LogP contribution in [0, 0.1) is 5.92 Å². The number of hydrogen-bond donors (Lipinski definition) is 1. The van der Waals surface area contributed by atoms with Gasteiger partial charge in [-0.2, -0.15) is 0 Å². The van der Waals surface area contributed by atoms with E-state index < -0.39 is 11.9 Å². The molecule has 1 N–H and O–H groups in total. The molecule has 1 saturated carbocycles. The first-order chi connectivity index (χ1) is 6.03. The zero-order valence-corrected chi connectivity index (χ0v) is 8.06. The third-order valence-corrected chi connectivity index (χ3v) is 2.78. The molecular formula is C10H16O3. The molecule has 4 atom stereocenters. The van der Waals surface area contributed by atoms with E-state index in [1.54, 1.807) is 0 Å². The van der Waals surface area contributed by atoms with Crippen LogP contribution in [-0.4, -0.2) is 29.2 Å². The van der Waals surface area contributed by atoms with Crippen molar-refractivity contribution in [3.8, 4) is 0 Å². The summed E-state index contributed by atoms with van der Waals surface area (Å²) in [5, 5.41) is 9.68. The fourth-order valence-electron chi connectivity index (χ4n) is 2.22. The Morgan fingerprint density at radius 2 is 2.00 bits per heavy atom. The van der Waals surface area contributed by atoms with Crippen LogP contribution in [-0.2, 0) is 9.47 Å². The molecule has 2 fully saturated rings. The lowest BCUT2D eigenvalue weighted by Crippen LogP contribution is -2.28. The van der Waals surface area contributed by atoms with Gasteiger partial charge in [-0.15, -0.1) is 6.58 Å². The summed E-state index contributed by atoms with van der Waals surface area (Å²) in [6, 6.07) is 0. The van der Waals surface area contributed by atoms with Crippen molar-refractivity contribution < 1.29 is 14.6 Å². The first-order valence-corrected chi connectivity index (χ1v) is 4.70. The Balaban J connectivity index is 2.17. The highest BCUT2D eigenvalue weighted by Crippen LogP contribution is 2.41. The lowest BCUT2D eigenvalue weighted by Gasteiger charge is -2.20. The Labute approximate surface area is 78.3 Å². The van der Waals surface area contributed by atoms with E-state index in [1.165, 1.54) is 0 Å². The van der Waals surface area contributed by atoms with E-state index in [0.717, 1.165) is 0 Å². The van der Waals surface area contributed by atoms with E-state index in [0.29, 0.717) is 6.42 Å². The average Bonchev–Trinajstić information content (AvgIpc) is 2.47. The van der Waals surface area contributed by atoms with Crippen LogP contribution >= 0.6 is 0 Å². The first-order valence-electron chi connectivity index (χ1n) is 4.70. The summed E-state index contributed by atoms with van der Waals surface area (Å²) in [6.45, 7) is 7.49. The van der Waals surface area contributed by atoms with Crippen molar-refractivity contribution in [3.63, 3.8) is 0 Å². The van der Waals surface area contributed by atoms with E-state index >= 15 is 0 Å². The van der Waals surface area contributed by atoms with Crippen molar-refractivity contribution in [2.24, 2.45) is 5.92 Å². The molecule has 0 radical (unpaired) electrons. The highest BCUT2D eigenvalue weighted by molar-refractivity contribution is 5.03. The highest BCUT2D eigenvalue weighted by atomic mass is 16.8. The number of hydrogen-bond acceptors (Lipinski definition) is 3. The van der Waals surface area contributed by atoms with Gasteiger partial charge in [0.05, 0.1) is 12.2 Å². The van der Waals surface area contributed by atoms with Gasteiger partial charge in [-0.1, -0.05) is 6.08 Å². The Bertz CT molecular complexity index is 224. The maximum atomic E-state index is 9.68. The van der Waals surface area contributed by atoms with Crippen molar-refractivity contribution in [2.75, 3.05) is 0 Å². The minimum atomic E-state index is -0.558. The van der Waals surface area contributed by atoms with Gasteiger partial charge in [0.1, 0.15) is 6.10 Å². The van der Waals surface area contributed by atoms with Crippen LogP contribution in [0.1, 0.15) is 20.3 Å². The molecule has 1 heterocycles. The van der Waals surface area contributed by atoms with Crippen LogP contribution in [0.3, 0.4) is 0 Å². The van der Waals surface area contributed by atoms with E-state index in [4.69, 9.17) is 9.47 Å². The molecule has 0 unspecified atom stereocenters. The summed E-state index contributed by atoms with van der Waals surface area (Å²) in [5.74, 6) is -0.334. The standard InChI is InChI=1S/C10H16O3/c1-4-6-5-7(11)9-8(6)12-10(2,3)13-9/h4,6-9,11H,1,5H2,2-3H3/t6-,7+,8-,9+/m0/s1. The summed E-state index contributed by atoms with van der Waals surface area (Å²) < 4.78 is 11.3. The second-order valence-electron chi connectivity index (χ2n) is 4.27. The molecule has 0 aromatic rings. The van der Waals surface area contributed by atoms with E-state index in [9.17, 15) is 5.11 Å². The van der Waals surface area contributed by atoms with E-state index in [1.807, 2.05) is 19.9 Å².